The summed E-state index contributed by atoms with van der Waals surface area (Å²) in [5.74, 6) is 0.0878. The topological polar surface area (TPSA) is 26.3 Å². The molecule has 0 bridgehead atoms. The summed E-state index contributed by atoms with van der Waals surface area (Å²) in [5.41, 5.74) is 1.39. The molecule has 0 radical (unpaired) electrons. The van der Waals surface area contributed by atoms with E-state index < -0.39 is 0 Å². The number of aryl methyl sites for hydroxylation is 1. The van der Waals surface area contributed by atoms with Crippen molar-refractivity contribution in [1.82, 2.24) is 0 Å². The predicted molar refractivity (Wildman–Crippen MR) is 63.0 cm³/mol. The molecule has 0 spiro atoms. The van der Waals surface area contributed by atoms with Gasteiger partial charge in [-0.15, -0.1) is 0 Å². The highest BCUT2D eigenvalue weighted by Gasteiger charge is 2.37. The average Bonchev–Trinajstić information content (AvgIpc) is 2.34. The van der Waals surface area contributed by atoms with Gasteiger partial charge in [0.2, 0.25) is 0 Å². The van der Waals surface area contributed by atoms with Gasteiger partial charge < -0.3 is 4.74 Å². The second-order valence-corrected chi connectivity index (χ2v) is 4.50. The molecule has 2 heteroatoms. The van der Waals surface area contributed by atoms with Gasteiger partial charge in [0, 0.05) is 0 Å². The molecule has 2 atom stereocenters. The maximum Gasteiger partial charge on any atom is 0.312 e. The molecule has 0 N–H and O–H groups in total. The minimum Gasteiger partial charge on any atom is -0.461 e. The molecule has 16 heavy (non-hydrogen) atoms. The SMILES string of the molecule is C[C@H]1C(=O)O[C@@H]1CCCCc1ccccc1. The standard InChI is InChI=1S/C14H18O2/c1-11-13(16-14(11)15)10-6-5-9-12-7-3-2-4-8-12/h2-4,7-8,11,13H,5-6,9-10H2,1H3/t11-,13-/m1/s1. The van der Waals surface area contributed by atoms with Gasteiger partial charge in [-0.05, 0) is 38.2 Å². The fourth-order valence-electron chi connectivity index (χ4n) is 2.07. The van der Waals surface area contributed by atoms with Gasteiger partial charge in [-0.2, -0.15) is 0 Å². The van der Waals surface area contributed by atoms with Crippen molar-refractivity contribution < 1.29 is 9.53 Å². The monoisotopic (exact) mass is 218 g/mol. The summed E-state index contributed by atoms with van der Waals surface area (Å²) in [6.07, 6.45) is 4.63. The number of carbonyl (C=O) groups excluding carboxylic acids is 1. The van der Waals surface area contributed by atoms with Crippen molar-refractivity contribution >= 4 is 5.97 Å². The molecule has 0 aromatic heterocycles. The Labute approximate surface area is 96.6 Å². The third-order valence-electron chi connectivity index (χ3n) is 3.24. The van der Waals surface area contributed by atoms with Crippen LogP contribution in [0.25, 0.3) is 0 Å². The first kappa shape index (κ1) is 11.2. The van der Waals surface area contributed by atoms with E-state index >= 15 is 0 Å². The smallest absolute Gasteiger partial charge is 0.312 e. The number of cyclic esters (lactones) is 1. The van der Waals surface area contributed by atoms with Crippen LogP contribution in [-0.4, -0.2) is 12.1 Å². The molecule has 86 valence electrons. The van der Waals surface area contributed by atoms with Gasteiger partial charge in [0.15, 0.2) is 0 Å². The number of carbonyl (C=O) groups is 1. The van der Waals surface area contributed by atoms with E-state index in [4.69, 9.17) is 4.74 Å². The van der Waals surface area contributed by atoms with Crippen molar-refractivity contribution in [3.05, 3.63) is 35.9 Å². The van der Waals surface area contributed by atoms with E-state index in [0.29, 0.717) is 0 Å². The maximum absolute atomic E-state index is 10.9. The number of ether oxygens (including phenoxy) is 1. The van der Waals surface area contributed by atoms with Crippen LogP contribution in [0.4, 0.5) is 0 Å². The van der Waals surface area contributed by atoms with E-state index in [9.17, 15) is 4.79 Å². The van der Waals surface area contributed by atoms with Crippen LogP contribution < -0.4 is 0 Å². The largest absolute Gasteiger partial charge is 0.461 e. The first-order chi connectivity index (χ1) is 7.77. The Hall–Kier alpha value is -1.31. The van der Waals surface area contributed by atoms with E-state index in [1.54, 1.807) is 0 Å². The van der Waals surface area contributed by atoms with Crippen molar-refractivity contribution in [3.63, 3.8) is 0 Å². The minimum absolute atomic E-state index is 0.0342. The van der Waals surface area contributed by atoms with Crippen molar-refractivity contribution in [3.8, 4) is 0 Å². The molecule has 0 aliphatic carbocycles. The Balaban J connectivity index is 1.61. The van der Waals surface area contributed by atoms with Gasteiger partial charge in [-0.3, -0.25) is 4.79 Å². The highest BCUT2D eigenvalue weighted by Crippen LogP contribution is 2.26. The zero-order chi connectivity index (χ0) is 11.4. The van der Waals surface area contributed by atoms with Crippen LogP contribution in [0.2, 0.25) is 0 Å². The van der Waals surface area contributed by atoms with Gasteiger partial charge in [0.25, 0.3) is 0 Å². The predicted octanol–water partition coefficient (Wildman–Crippen LogP) is 2.96. The number of benzene rings is 1. The lowest BCUT2D eigenvalue weighted by Gasteiger charge is -2.32. The molecule has 1 heterocycles. The summed E-state index contributed by atoms with van der Waals surface area (Å²) < 4.78 is 5.06. The Morgan fingerprint density at radius 2 is 1.94 bits per heavy atom. The molecular formula is C14H18O2. The normalized spacial score (nSPS) is 23.7. The summed E-state index contributed by atoms with van der Waals surface area (Å²) in [6, 6.07) is 10.5. The number of rotatable bonds is 5. The lowest BCUT2D eigenvalue weighted by Crippen LogP contribution is -2.42. The first-order valence-electron chi connectivity index (χ1n) is 6.02. The van der Waals surface area contributed by atoms with E-state index in [0.717, 1.165) is 19.3 Å². The Morgan fingerprint density at radius 1 is 1.19 bits per heavy atom. The quantitative estimate of drug-likeness (QED) is 0.561. The Bertz CT molecular complexity index is 345. The second-order valence-electron chi connectivity index (χ2n) is 4.50. The van der Waals surface area contributed by atoms with Crippen LogP contribution in [0.5, 0.6) is 0 Å². The lowest BCUT2D eigenvalue weighted by molar-refractivity contribution is -0.183. The van der Waals surface area contributed by atoms with Crippen LogP contribution in [0, 0.1) is 5.92 Å². The molecule has 0 saturated carbocycles. The number of esters is 1. The highest BCUT2D eigenvalue weighted by atomic mass is 16.6. The van der Waals surface area contributed by atoms with E-state index in [1.807, 2.05) is 13.0 Å². The lowest BCUT2D eigenvalue weighted by atomic mass is 9.94. The fraction of sp³-hybridized carbons (Fsp3) is 0.500. The summed E-state index contributed by atoms with van der Waals surface area (Å²) in [4.78, 5) is 10.9. The van der Waals surface area contributed by atoms with Crippen molar-refractivity contribution in [2.45, 2.75) is 38.7 Å². The van der Waals surface area contributed by atoms with Crippen LogP contribution in [0.3, 0.4) is 0 Å². The van der Waals surface area contributed by atoms with E-state index in [-0.39, 0.29) is 18.0 Å². The molecule has 2 rings (SSSR count). The molecule has 1 saturated heterocycles. The molecule has 0 amide bonds. The van der Waals surface area contributed by atoms with Crippen LogP contribution in [0.15, 0.2) is 30.3 Å². The molecule has 1 aromatic rings. The molecule has 1 aliphatic rings. The molecule has 1 aliphatic heterocycles. The number of hydrogen-bond donors (Lipinski definition) is 0. The van der Waals surface area contributed by atoms with Crippen LogP contribution in [-0.2, 0) is 16.0 Å². The molecular weight excluding hydrogens is 200 g/mol. The summed E-state index contributed by atoms with van der Waals surface area (Å²) in [6.45, 7) is 1.95. The highest BCUT2D eigenvalue weighted by molar-refractivity contribution is 5.77. The summed E-state index contributed by atoms with van der Waals surface area (Å²) >= 11 is 0. The molecule has 1 fully saturated rings. The molecule has 2 nitrogen and oxygen atoms in total. The zero-order valence-electron chi connectivity index (χ0n) is 9.69. The Kier molecular flexibility index (Phi) is 3.60. The first-order valence-corrected chi connectivity index (χ1v) is 6.02. The number of unbranched alkanes of at least 4 members (excludes halogenated alkanes) is 1. The van der Waals surface area contributed by atoms with Crippen LogP contribution >= 0.6 is 0 Å². The van der Waals surface area contributed by atoms with E-state index in [2.05, 4.69) is 24.3 Å². The third-order valence-corrected chi connectivity index (χ3v) is 3.24. The Morgan fingerprint density at radius 3 is 2.56 bits per heavy atom. The van der Waals surface area contributed by atoms with Crippen molar-refractivity contribution in [2.24, 2.45) is 5.92 Å². The maximum atomic E-state index is 10.9. The number of hydrogen-bond acceptors (Lipinski definition) is 2. The minimum atomic E-state index is -0.0342. The van der Waals surface area contributed by atoms with Crippen molar-refractivity contribution in [2.75, 3.05) is 0 Å². The summed E-state index contributed by atoms with van der Waals surface area (Å²) in [5, 5.41) is 0. The van der Waals surface area contributed by atoms with Crippen molar-refractivity contribution in [1.29, 1.82) is 0 Å². The van der Waals surface area contributed by atoms with Gasteiger partial charge in [-0.25, -0.2) is 0 Å². The summed E-state index contributed by atoms with van der Waals surface area (Å²) in [7, 11) is 0. The van der Waals surface area contributed by atoms with E-state index in [1.165, 1.54) is 12.0 Å². The fourth-order valence-corrected chi connectivity index (χ4v) is 2.07. The zero-order valence-corrected chi connectivity index (χ0v) is 9.69. The van der Waals surface area contributed by atoms with Gasteiger partial charge in [0.05, 0.1) is 5.92 Å². The molecule has 0 unspecified atom stereocenters. The van der Waals surface area contributed by atoms with Gasteiger partial charge in [-0.1, -0.05) is 30.3 Å². The third kappa shape index (κ3) is 2.63. The average molecular weight is 218 g/mol. The molecule has 1 aromatic carbocycles. The van der Waals surface area contributed by atoms with Gasteiger partial charge in [0.1, 0.15) is 6.10 Å². The second kappa shape index (κ2) is 5.15. The van der Waals surface area contributed by atoms with Crippen LogP contribution in [0.1, 0.15) is 31.7 Å². The van der Waals surface area contributed by atoms with Gasteiger partial charge >= 0.3 is 5.97 Å².